The Morgan fingerprint density at radius 1 is 0.949 bits per heavy atom. The molecule has 2 aliphatic heterocycles. The number of benzene rings is 3. The number of ether oxygens (including phenoxy) is 1. The molecule has 2 heterocycles. The second-order valence-corrected chi connectivity index (χ2v) is 9.76. The number of fused-ring (bicyclic) bond motifs is 1. The van der Waals surface area contributed by atoms with Crippen molar-refractivity contribution in [3.8, 4) is 0 Å². The summed E-state index contributed by atoms with van der Waals surface area (Å²) in [5.41, 5.74) is 2.25. The second kappa shape index (κ2) is 10.9. The SMILES string of the molecule is COC(O)CC1c2cccc(F)c2N=C(N2CCN(c3cccc(C)c3)CC2)N1c1cccc(C(F)(F)F)c1. The van der Waals surface area contributed by atoms with E-state index in [1.807, 2.05) is 30.0 Å². The first-order chi connectivity index (χ1) is 18.7. The van der Waals surface area contributed by atoms with E-state index in [0.717, 1.165) is 23.4 Å². The van der Waals surface area contributed by atoms with Gasteiger partial charge < -0.3 is 24.5 Å². The molecule has 0 aromatic heterocycles. The van der Waals surface area contributed by atoms with Crippen LogP contribution in [0.1, 0.15) is 29.2 Å². The third-order valence-corrected chi connectivity index (χ3v) is 7.19. The molecule has 39 heavy (non-hydrogen) atoms. The first kappa shape index (κ1) is 27.0. The Hall–Kier alpha value is -3.63. The first-order valence-electron chi connectivity index (χ1n) is 12.8. The summed E-state index contributed by atoms with van der Waals surface area (Å²) in [6, 6.07) is 17.0. The van der Waals surface area contributed by atoms with Crippen molar-refractivity contribution in [2.24, 2.45) is 4.99 Å². The van der Waals surface area contributed by atoms with Gasteiger partial charge in [-0.05, 0) is 48.9 Å². The molecular weight excluding hydrogens is 512 g/mol. The van der Waals surface area contributed by atoms with Crippen molar-refractivity contribution in [1.29, 1.82) is 0 Å². The number of rotatable bonds is 5. The van der Waals surface area contributed by atoms with Gasteiger partial charge in [-0.1, -0.05) is 30.3 Å². The normalized spacial score (nSPS) is 18.6. The summed E-state index contributed by atoms with van der Waals surface area (Å²) in [4.78, 5) is 10.6. The van der Waals surface area contributed by atoms with Crippen molar-refractivity contribution in [2.75, 3.05) is 43.1 Å². The predicted octanol–water partition coefficient (Wildman–Crippen LogP) is 5.88. The Balaban J connectivity index is 1.57. The summed E-state index contributed by atoms with van der Waals surface area (Å²) < 4.78 is 61.3. The van der Waals surface area contributed by atoms with Crippen LogP contribution in [0.2, 0.25) is 0 Å². The minimum absolute atomic E-state index is 0.00846. The third-order valence-electron chi connectivity index (χ3n) is 7.19. The maximum Gasteiger partial charge on any atom is 0.416 e. The van der Waals surface area contributed by atoms with E-state index in [-0.39, 0.29) is 17.8 Å². The minimum Gasteiger partial charge on any atom is -0.368 e. The van der Waals surface area contributed by atoms with Crippen molar-refractivity contribution in [2.45, 2.75) is 31.9 Å². The minimum atomic E-state index is -4.55. The Morgan fingerprint density at radius 2 is 1.62 bits per heavy atom. The summed E-state index contributed by atoms with van der Waals surface area (Å²) in [5, 5.41) is 10.5. The molecule has 206 valence electrons. The summed E-state index contributed by atoms with van der Waals surface area (Å²) in [7, 11) is 1.34. The van der Waals surface area contributed by atoms with E-state index in [0.29, 0.717) is 37.7 Å². The number of aliphatic hydroxyl groups is 1. The van der Waals surface area contributed by atoms with Crippen molar-refractivity contribution in [3.05, 3.63) is 89.2 Å². The molecule has 6 nitrogen and oxygen atoms in total. The lowest BCUT2D eigenvalue weighted by Gasteiger charge is -2.45. The lowest BCUT2D eigenvalue weighted by Crippen LogP contribution is -2.55. The van der Waals surface area contributed by atoms with Gasteiger partial charge in [0.1, 0.15) is 11.5 Å². The maximum absolute atomic E-state index is 15.1. The number of para-hydroxylation sites is 1. The van der Waals surface area contributed by atoms with Crippen LogP contribution in [0.3, 0.4) is 0 Å². The van der Waals surface area contributed by atoms with Crippen LogP contribution in [-0.2, 0) is 10.9 Å². The van der Waals surface area contributed by atoms with Gasteiger partial charge in [-0.3, -0.25) is 0 Å². The number of guanidine groups is 1. The lowest BCUT2D eigenvalue weighted by atomic mass is 9.96. The Bertz CT molecular complexity index is 1360. The van der Waals surface area contributed by atoms with Crippen LogP contribution in [0.4, 0.5) is 34.6 Å². The maximum atomic E-state index is 15.1. The largest absolute Gasteiger partial charge is 0.416 e. The van der Waals surface area contributed by atoms with Crippen LogP contribution < -0.4 is 9.80 Å². The number of aliphatic hydroxyl groups excluding tert-OH is 1. The Kier molecular flexibility index (Phi) is 7.51. The smallest absolute Gasteiger partial charge is 0.368 e. The summed E-state index contributed by atoms with van der Waals surface area (Å²) >= 11 is 0. The monoisotopic (exact) mass is 542 g/mol. The molecule has 3 aromatic rings. The molecule has 2 atom stereocenters. The van der Waals surface area contributed by atoms with E-state index >= 15 is 4.39 Å². The lowest BCUT2D eigenvalue weighted by molar-refractivity contribution is -0.137. The molecule has 1 saturated heterocycles. The van der Waals surface area contributed by atoms with E-state index < -0.39 is 29.9 Å². The number of aliphatic imine (C=N–C) groups is 1. The number of halogens is 4. The molecule has 5 rings (SSSR count). The number of methoxy groups -OCH3 is 1. The Labute approximate surface area is 224 Å². The third kappa shape index (κ3) is 5.58. The molecule has 2 aliphatic rings. The van der Waals surface area contributed by atoms with Crippen molar-refractivity contribution >= 4 is 23.0 Å². The number of anilines is 2. The molecule has 0 saturated carbocycles. The zero-order valence-electron chi connectivity index (χ0n) is 21.7. The molecule has 1 fully saturated rings. The number of hydrogen-bond acceptors (Lipinski definition) is 6. The van der Waals surface area contributed by atoms with Crippen molar-refractivity contribution < 1.29 is 27.4 Å². The molecule has 3 aromatic carbocycles. The van der Waals surface area contributed by atoms with Crippen molar-refractivity contribution in [1.82, 2.24) is 4.90 Å². The predicted molar refractivity (Wildman–Crippen MR) is 143 cm³/mol. The molecule has 0 radical (unpaired) electrons. The fourth-order valence-electron chi connectivity index (χ4n) is 5.21. The number of aryl methyl sites for hydroxylation is 1. The zero-order chi connectivity index (χ0) is 27.7. The molecule has 0 amide bonds. The number of hydrogen-bond donors (Lipinski definition) is 1. The number of nitrogens with zero attached hydrogens (tertiary/aromatic N) is 4. The highest BCUT2D eigenvalue weighted by atomic mass is 19.4. The topological polar surface area (TPSA) is 51.5 Å². The fraction of sp³-hybridized carbons (Fsp3) is 0.345. The average molecular weight is 543 g/mol. The molecule has 1 N–H and O–H groups in total. The molecule has 0 spiro atoms. The molecule has 10 heteroatoms. The highest BCUT2D eigenvalue weighted by Crippen LogP contribution is 2.43. The number of alkyl halides is 3. The van der Waals surface area contributed by atoms with Crippen LogP contribution in [0, 0.1) is 12.7 Å². The summed E-state index contributed by atoms with van der Waals surface area (Å²) in [6.45, 7) is 4.37. The molecular formula is C29H30F4N4O2. The summed E-state index contributed by atoms with van der Waals surface area (Å²) in [6.07, 6.45) is -5.78. The van der Waals surface area contributed by atoms with Crippen molar-refractivity contribution in [3.63, 3.8) is 0 Å². The second-order valence-electron chi connectivity index (χ2n) is 9.76. The fourth-order valence-corrected chi connectivity index (χ4v) is 5.21. The van der Waals surface area contributed by atoms with E-state index in [9.17, 15) is 18.3 Å². The van der Waals surface area contributed by atoms with Gasteiger partial charge in [0, 0.05) is 56.6 Å². The van der Waals surface area contributed by atoms with Crippen LogP contribution in [-0.4, -0.2) is 55.5 Å². The number of piperazine rings is 1. The van der Waals surface area contributed by atoms with E-state index in [4.69, 9.17) is 4.74 Å². The van der Waals surface area contributed by atoms with E-state index in [1.54, 1.807) is 17.0 Å². The summed E-state index contributed by atoms with van der Waals surface area (Å²) in [5.74, 6) is -0.201. The molecule has 0 aliphatic carbocycles. The standard InChI is InChI=1S/C29H30F4N4O2/c1-19-6-3-8-21(16-19)35-12-14-36(15-13-35)28-34-27-23(10-5-11-24(27)30)25(18-26(38)39-2)37(28)22-9-4-7-20(17-22)29(31,32)33/h3-11,16-17,25-26,38H,12-15,18H2,1-2H3. The molecule has 0 bridgehead atoms. The van der Waals surface area contributed by atoms with Crippen LogP contribution in [0.5, 0.6) is 0 Å². The molecule has 2 unspecified atom stereocenters. The van der Waals surface area contributed by atoms with Crippen LogP contribution >= 0.6 is 0 Å². The van der Waals surface area contributed by atoms with E-state index in [1.165, 1.54) is 25.3 Å². The van der Waals surface area contributed by atoms with Gasteiger partial charge in [-0.25, -0.2) is 9.38 Å². The van der Waals surface area contributed by atoms with Gasteiger partial charge in [-0.15, -0.1) is 0 Å². The highest BCUT2D eigenvalue weighted by Gasteiger charge is 2.39. The Morgan fingerprint density at radius 3 is 2.31 bits per heavy atom. The highest BCUT2D eigenvalue weighted by molar-refractivity contribution is 6.00. The van der Waals surface area contributed by atoms with Crippen LogP contribution in [0.15, 0.2) is 71.7 Å². The van der Waals surface area contributed by atoms with Gasteiger partial charge in [0.2, 0.25) is 5.96 Å². The van der Waals surface area contributed by atoms with Gasteiger partial charge in [0.25, 0.3) is 0 Å². The van der Waals surface area contributed by atoms with Gasteiger partial charge >= 0.3 is 6.18 Å². The first-order valence-corrected chi connectivity index (χ1v) is 12.8. The average Bonchev–Trinajstić information content (AvgIpc) is 2.93. The zero-order valence-corrected chi connectivity index (χ0v) is 21.7. The van der Waals surface area contributed by atoms with Gasteiger partial charge in [0.05, 0.1) is 11.6 Å². The van der Waals surface area contributed by atoms with E-state index in [2.05, 4.69) is 16.0 Å². The van der Waals surface area contributed by atoms with Gasteiger partial charge in [0.15, 0.2) is 6.29 Å². The van der Waals surface area contributed by atoms with Crippen LogP contribution in [0.25, 0.3) is 0 Å². The quantitative estimate of drug-likeness (QED) is 0.323. The van der Waals surface area contributed by atoms with Gasteiger partial charge in [-0.2, -0.15) is 13.2 Å².